The van der Waals surface area contributed by atoms with E-state index in [0.29, 0.717) is 36.8 Å². The minimum Gasteiger partial charge on any atom is -0.487 e. The molecule has 1 saturated heterocycles. The highest BCUT2D eigenvalue weighted by Gasteiger charge is 2.49. The van der Waals surface area contributed by atoms with E-state index in [1.54, 1.807) is 12.0 Å². The van der Waals surface area contributed by atoms with E-state index in [4.69, 9.17) is 14.9 Å². The minimum absolute atomic E-state index is 0.00273. The van der Waals surface area contributed by atoms with Crippen LogP contribution >= 0.6 is 0 Å². The molecule has 2 aliphatic carbocycles. The van der Waals surface area contributed by atoms with Crippen molar-refractivity contribution in [1.82, 2.24) is 15.5 Å². The van der Waals surface area contributed by atoms with E-state index in [-0.39, 0.29) is 35.8 Å². The van der Waals surface area contributed by atoms with Gasteiger partial charge in [0.2, 0.25) is 5.91 Å². The zero-order chi connectivity index (χ0) is 29.4. The molecule has 0 radical (unpaired) electrons. The first-order valence-electron chi connectivity index (χ1n) is 15.5. The van der Waals surface area contributed by atoms with Crippen molar-refractivity contribution in [3.8, 4) is 5.75 Å². The summed E-state index contributed by atoms with van der Waals surface area (Å²) < 4.78 is 12.0. The molecule has 2 amide bonds. The summed E-state index contributed by atoms with van der Waals surface area (Å²) >= 11 is 0. The normalized spacial score (nSPS) is 32.7. The molecule has 8 heteroatoms. The van der Waals surface area contributed by atoms with E-state index >= 15 is 0 Å². The van der Waals surface area contributed by atoms with Gasteiger partial charge in [0, 0.05) is 36.1 Å². The van der Waals surface area contributed by atoms with Crippen LogP contribution in [0.15, 0.2) is 36.4 Å². The number of carbonyl (C=O) groups is 2. The largest absolute Gasteiger partial charge is 0.487 e. The Labute approximate surface area is 248 Å². The molecule has 2 unspecified atom stereocenters. The predicted molar refractivity (Wildman–Crippen MR) is 160 cm³/mol. The van der Waals surface area contributed by atoms with Crippen LogP contribution in [-0.2, 0) is 16.0 Å². The molecule has 2 aromatic carbocycles. The number of nitrogens with zero attached hydrogens (tertiary/aromatic N) is 1. The van der Waals surface area contributed by atoms with E-state index in [2.05, 4.69) is 49.6 Å². The number of fused-ring (bicyclic) bond motifs is 4. The zero-order valence-corrected chi connectivity index (χ0v) is 25.1. The molecule has 6 bridgehead atoms. The highest BCUT2D eigenvalue weighted by atomic mass is 16.5. The molecule has 6 atom stereocenters. The van der Waals surface area contributed by atoms with E-state index in [0.717, 1.165) is 54.5 Å². The minimum atomic E-state index is -0.413. The zero-order valence-electron chi connectivity index (χ0n) is 25.1. The standard InChI is InChI=1S/C34H42N4O4/c1-5-34-11-10-21-13-24(21)20-8-9-28-26(14-20)27(16-33(2,3)42-28)36-31(40)22-7-6-19-12-23(18-41-4)30(25(19)15-22)38(29(39)17-34)32(35)37-34/h6-9,14-15,21,23-24,27,30H,5,10-13,16-18H2,1-4H3,(H2,35,37)(H,36,40)/t21?,23-,24?,27-,30+,34+/m0/s1. The summed E-state index contributed by atoms with van der Waals surface area (Å²) in [6, 6.07) is 11.8. The Balaban J connectivity index is 1.32. The van der Waals surface area contributed by atoms with Gasteiger partial charge in [0.05, 0.1) is 25.1 Å². The van der Waals surface area contributed by atoms with Crippen LogP contribution in [0.5, 0.6) is 5.75 Å². The second-order valence-corrected chi connectivity index (χ2v) is 13.9. The number of hydrogen-bond donors (Lipinski definition) is 3. The fourth-order valence-electron chi connectivity index (χ4n) is 8.16. The van der Waals surface area contributed by atoms with Gasteiger partial charge in [-0.2, -0.15) is 0 Å². The van der Waals surface area contributed by atoms with E-state index in [1.807, 2.05) is 18.2 Å². The van der Waals surface area contributed by atoms with E-state index in [1.165, 1.54) is 5.56 Å². The number of benzene rings is 2. The second kappa shape index (κ2) is 9.83. The maximum atomic E-state index is 13.9. The Morgan fingerprint density at radius 1 is 1.14 bits per heavy atom. The van der Waals surface area contributed by atoms with Crippen LogP contribution in [0.3, 0.4) is 0 Å². The smallest absolute Gasteiger partial charge is 0.251 e. The van der Waals surface area contributed by atoms with Crippen molar-refractivity contribution in [2.75, 3.05) is 13.7 Å². The Kier molecular flexibility index (Phi) is 6.42. The molecule has 222 valence electrons. The van der Waals surface area contributed by atoms with Gasteiger partial charge < -0.3 is 20.1 Å². The summed E-state index contributed by atoms with van der Waals surface area (Å²) in [6.07, 6.45) is 5.55. The van der Waals surface area contributed by atoms with Gasteiger partial charge >= 0.3 is 0 Å². The molecule has 2 fully saturated rings. The monoisotopic (exact) mass is 570 g/mol. The Hall–Kier alpha value is -3.39. The van der Waals surface area contributed by atoms with Crippen LogP contribution in [0.25, 0.3) is 0 Å². The van der Waals surface area contributed by atoms with Crippen molar-refractivity contribution in [2.45, 2.75) is 94.9 Å². The molecule has 4 heterocycles. The average Bonchev–Trinajstić information content (AvgIpc) is 3.64. The third-order valence-corrected chi connectivity index (χ3v) is 10.5. The number of guanidine groups is 1. The number of rotatable bonds is 3. The van der Waals surface area contributed by atoms with Crippen LogP contribution in [0.4, 0.5) is 0 Å². The molecule has 2 aromatic rings. The molecule has 4 aliphatic heterocycles. The fourth-order valence-corrected chi connectivity index (χ4v) is 8.16. The molecule has 3 N–H and O–H groups in total. The van der Waals surface area contributed by atoms with Gasteiger partial charge in [0.25, 0.3) is 5.91 Å². The molecule has 8 rings (SSSR count). The Bertz CT molecular complexity index is 1450. The first-order valence-corrected chi connectivity index (χ1v) is 15.5. The topological polar surface area (TPSA) is 104 Å². The van der Waals surface area contributed by atoms with Crippen LogP contribution in [-0.4, -0.2) is 47.5 Å². The molecular weight excluding hydrogens is 528 g/mol. The lowest BCUT2D eigenvalue weighted by Crippen LogP contribution is -2.63. The highest BCUT2D eigenvalue weighted by molar-refractivity contribution is 6.00. The SMILES string of the molecule is CC[C@]12CCC3CC3c3ccc4c(c3)[C@H](CC(C)(C)O4)NC(=O)c3ccc4c(c3)[C@@H]([C@H](COC)C4)N(C(=N)N1)C(=O)C2. The summed E-state index contributed by atoms with van der Waals surface area (Å²) in [5.74, 6) is 1.87. The van der Waals surface area contributed by atoms with Crippen molar-refractivity contribution in [2.24, 2.45) is 11.8 Å². The summed E-state index contributed by atoms with van der Waals surface area (Å²) in [5.41, 5.74) is 4.13. The lowest BCUT2D eigenvalue weighted by Gasteiger charge is -2.46. The highest BCUT2D eigenvalue weighted by Crippen LogP contribution is 2.53. The number of amides is 2. The number of carbonyl (C=O) groups excluding carboxylic acids is 2. The number of hydrogen-bond acceptors (Lipinski definition) is 5. The van der Waals surface area contributed by atoms with Gasteiger partial charge in [-0.25, -0.2) is 0 Å². The van der Waals surface area contributed by atoms with Gasteiger partial charge in [0.15, 0.2) is 5.96 Å². The predicted octanol–water partition coefficient (Wildman–Crippen LogP) is 5.38. The summed E-state index contributed by atoms with van der Waals surface area (Å²) in [4.78, 5) is 29.5. The molecule has 0 spiro atoms. The van der Waals surface area contributed by atoms with Crippen LogP contribution < -0.4 is 15.4 Å². The molecule has 6 aliphatic rings. The summed E-state index contributed by atoms with van der Waals surface area (Å²) in [5, 5.41) is 16.0. The quantitative estimate of drug-likeness (QED) is 0.460. The van der Waals surface area contributed by atoms with Crippen molar-refractivity contribution < 1.29 is 19.1 Å². The lowest BCUT2D eigenvalue weighted by molar-refractivity contribution is -0.134. The average molecular weight is 571 g/mol. The van der Waals surface area contributed by atoms with Gasteiger partial charge in [-0.15, -0.1) is 0 Å². The molecule has 42 heavy (non-hydrogen) atoms. The molecule has 1 saturated carbocycles. The number of methoxy groups -OCH3 is 1. The third kappa shape index (κ3) is 4.59. The van der Waals surface area contributed by atoms with Gasteiger partial charge in [-0.1, -0.05) is 19.1 Å². The van der Waals surface area contributed by atoms with Crippen molar-refractivity contribution in [3.63, 3.8) is 0 Å². The fraction of sp³-hybridized carbons (Fsp3) is 0.559. The van der Waals surface area contributed by atoms with Gasteiger partial charge in [0.1, 0.15) is 11.4 Å². The molecule has 8 nitrogen and oxygen atoms in total. The summed E-state index contributed by atoms with van der Waals surface area (Å²) in [7, 11) is 1.68. The number of ether oxygens (including phenoxy) is 2. The van der Waals surface area contributed by atoms with Crippen molar-refractivity contribution in [3.05, 3.63) is 64.2 Å². The van der Waals surface area contributed by atoms with Crippen LogP contribution in [0, 0.1) is 17.2 Å². The Morgan fingerprint density at radius 3 is 2.74 bits per heavy atom. The number of nitrogens with one attached hydrogen (secondary N) is 3. The first kappa shape index (κ1) is 27.4. The van der Waals surface area contributed by atoms with Crippen molar-refractivity contribution >= 4 is 17.8 Å². The maximum absolute atomic E-state index is 13.9. The lowest BCUT2D eigenvalue weighted by atomic mass is 9.82. The summed E-state index contributed by atoms with van der Waals surface area (Å²) in [6.45, 7) is 6.73. The first-order chi connectivity index (χ1) is 20.1. The third-order valence-electron chi connectivity index (χ3n) is 10.5. The van der Waals surface area contributed by atoms with Crippen LogP contribution in [0.2, 0.25) is 0 Å². The Morgan fingerprint density at radius 2 is 1.98 bits per heavy atom. The van der Waals surface area contributed by atoms with Gasteiger partial charge in [-0.05, 0) is 98.7 Å². The van der Waals surface area contributed by atoms with E-state index in [9.17, 15) is 9.59 Å². The second-order valence-electron chi connectivity index (χ2n) is 13.9. The molecular formula is C34H42N4O4. The van der Waals surface area contributed by atoms with Gasteiger partial charge in [-0.3, -0.25) is 19.9 Å². The van der Waals surface area contributed by atoms with E-state index < -0.39 is 11.1 Å². The van der Waals surface area contributed by atoms with Crippen LogP contribution in [0.1, 0.15) is 110 Å². The molecule has 0 aromatic heterocycles. The maximum Gasteiger partial charge on any atom is 0.251 e. The van der Waals surface area contributed by atoms with Crippen molar-refractivity contribution in [1.29, 1.82) is 5.41 Å².